The zero-order valence-electron chi connectivity index (χ0n) is 14.5. The Balaban J connectivity index is 1.53. The summed E-state index contributed by atoms with van der Waals surface area (Å²) in [5.74, 6) is 0.655. The minimum atomic E-state index is -0.492. The van der Waals surface area contributed by atoms with E-state index in [1.54, 1.807) is 18.3 Å². The molecule has 6 heteroatoms. The molecule has 1 aliphatic rings. The van der Waals surface area contributed by atoms with Crippen molar-refractivity contribution in [2.75, 3.05) is 31.1 Å². The van der Waals surface area contributed by atoms with Gasteiger partial charge in [-0.3, -0.25) is 4.90 Å². The summed E-state index contributed by atoms with van der Waals surface area (Å²) in [6.07, 6.45) is 3.16. The number of β-amino-alcohol motifs (C(OH)–C–C–N with tert-alkyl or cyclic N) is 1. The SMILES string of the molecule is N#Cc1cccnc1N1CCN(Cc2cccc3cc[nH]c23)CC(O)C1. The second kappa shape index (κ2) is 7.16. The zero-order valence-corrected chi connectivity index (χ0v) is 14.5. The summed E-state index contributed by atoms with van der Waals surface area (Å²) in [7, 11) is 0. The molecule has 3 heterocycles. The van der Waals surface area contributed by atoms with Crippen molar-refractivity contribution in [3.05, 3.63) is 59.9 Å². The third-order valence-corrected chi connectivity index (χ3v) is 4.86. The van der Waals surface area contributed by atoms with Gasteiger partial charge in [0.1, 0.15) is 11.9 Å². The number of aromatic amines is 1. The molecule has 4 rings (SSSR count). The summed E-state index contributed by atoms with van der Waals surface area (Å²) in [4.78, 5) is 11.9. The number of rotatable bonds is 3. The lowest BCUT2D eigenvalue weighted by Crippen LogP contribution is -2.34. The van der Waals surface area contributed by atoms with Gasteiger partial charge in [-0.25, -0.2) is 4.98 Å². The first-order valence-corrected chi connectivity index (χ1v) is 8.80. The monoisotopic (exact) mass is 347 g/mol. The Morgan fingerprint density at radius 1 is 1.19 bits per heavy atom. The molecule has 0 radical (unpaired) electrons. The first-order chi connectivity index (χ1) is 12.7. The number of benzene rings is 1. The van der Waals surface area contributed by atoms with Gasteiger partial charge in [0.15, 0.2) is 0 Å². The zero-order chi connectivity index (χ0) is 17.9. The van der Waals surface area contributed by atoms with Crippen LogP contribution in [0.1, 0.15) is 11.1 Å². The average Bonchev–Trinajstić information content (AvgIpc) is 3.07. The number of hydrogen-bond donors (Lipinski definition) is 2. The largest absolute Gasteiger partial charge is 0.390 e. The van der Waals surface area contributed by atoms with Crippen molar-refractivity contribution in [2.45, 2.75) is 12.6 Å². The summed E-state index contributed by atoms with van der Waals surface area (Å²) >= 11 is 0. The maximum atomic E-state index is 10.5. The number of aliphatic hydroxyl groups excluding tert-OH is 1. The van der Waals surface area contributed by atoms with Gasteiger partial charge in [-0.15, -0.1) is 0 Å². The highest BCUT2D eigenvalue weighted by atomic mass is 16.3. The highest BCUT2D eigenvalue weighted by Gasteiger charge is 2.24. The minimum Gasteiger partial charge on any atom is -0.390 e. The van der Waals surface area contributed by atoms with Crippen LogP contribution in [0.3, 0.4) is 0 Å². The number of nitrogens with zero attached hydrogens (tertiary/aromatic N) is 4. The standard InChI is InChI=1S/C20H21N5O/c21-11-16-5-2-7-23-20(16)25-10-9-24(13-18(26)14-25)12-17-4-1-3-15-6-8-22-19(15)17/h1-8,18,22,26H,9-10,12-14H2. The topological polar surface area (TPSA) is 79.2 Å². The minimum absolute atomic E-state index is 0.481. The van der Waals surface area contributed by atoms with Crippen molar-refractivity contribution in [3.63, 3.8) is 0 Å². The molecule has 2 aromatic heterocycles. The number of nitriles is 1. The number of para-hydroxylation sites is 1. The van der Waals surface area contributed by atoms with Gasteiger partial charge in [-0.05, 0) is 29.1 Å². The van der Waals surface area contributed by atoms with Crippen LogP contribution in [0.4, 0.5) is 5.82 Å². The van der Waals surface area contributed by atoms with Crippen molar-refractivity contribution in [1.82, 2.24) is 14.9 Å². The Morgan fingerprint density at radius 3 is 3.00 bits per heavy atom. The van der Waals surface area contributed by atoms with Gasteiger partial charge in [0.25, 0.3) is 0 Å². The van der Waals surface area contributed by atoms with Crippen LogP contribution in [0.25, 0.3) is 10.9 Å². The second-order valence-corrected chi connectivity index (χ2v) is 6.68. The number of fused-ring (bicyclic) bond motifs is 1. The number of aliphatic hydroxyl groups is 1. The second-order valence-electron chi connectivity index (χ2n) is 6.68. The molecular formula is C20H21N5O. The van der Waals surface area contributed by atoms with Gasteiger partial charge in [0.2, 0.25) is 0 Å². The smallest absolute Gasteiger partial charge is 0.146 e. The molecule has 3 aromatic rings. The lowest BCUT2D eigenvalue weighted by atomic mass is 10.1. The van der Waals surface area contributed by atoms with Crippen molar-refractivity contribution in [2.24, 2.45) is 0 Å². The predicted octanol–water partition coefficient (Wildman–Crippen LogP) is 2.12. The van der Waals surface area contributed by atoms with Crippen LogP contribution in [-0.4, -0.2) is 52.3 Å². The number of H-pyrrole nitrogens is 1. The van der Waals surface area contributed by atoms with Gasteiger partial charge < -0.3 is 15.0 Å². The molecular weight excluding hydrogens is 326 g/mol. The number of nitrogens with one attached hydrogen (secondary N) is 1. The van der Waals surface area contributed by atoms with E-state index in [9.17, 15) is 10.4 Å². The van der Waals surface area contributed by atoms with Gasteiger partial charge >= 0.3 is 0 Å². The van der Waals surface area contributed by atoms with E-state index in [4.69, 9.17) is 0 Å². The van der Waals surface area contributed by atoms with E-state index < -0.39 is 6.10 Å². The van der Waals surface area contributed by atoms with E-state index in [1.165, 1.54) is 10.9 Å². The highest BCUT2D eigenvalue weighted by molar-refractivity contribution is 5.82. The molecule has 1 atom stereocenters. The molecule has 1 unspecified atom stereocenters. The molecule has 2 N–H and O–H groups in total. The third kappa shape index (κ3) is 3.27. The first kappa shape index (κ1) is 16.6. The summed E-state index contributed by atoms with van der Waals surface area (Å²) in [6, 6.07) is 14.1. The number of anilines is 1. The summed E-state index contributed by atoms with van der Waals surface area (Å²) in [5, 5.41) is 21.0. The molecule has 6 nitrogen and oxygen atoms in total. The summed E-state index contributed by atoms with van der Waals surface area (Å²) in [5.41, 5.74) is 2.92. The summed E-state index contributed by atoms with van der Waals surface area (Å²) in [6.45, 7) is 3.38. The number of aromatic nitrogens is 2. The number of pyridine rings is 1. The quantitative estimate of drug-likeness (QED) is 0.759. The van der Waals surface area contributed by atoms with E-state index in [0.717, 1.165) is 25.2 Å². The third-order valence-electron chi connectivity index (χ3n) is 4.86. The molecule has 132 valence electrons. The Bertz CT molecular complexity index is 945. The van der Waals surface area contributed by atoms with Crippen LogP contribution in [0.15, 0.2) is 48.8 Å². The first-order valence-electron chi connectivity index (χ1n) is 8.80. The van der Waals surface area contributed by atoms with Crippen LogP contribution in [0.5, 0.6) is 0 Å². The Labute approximate surface area is 152 Å². The fourth-order valence-corrected chi connectivity index (χ4v) is 3.65. The van der Waals surface area contributed by atoms with Crippen LogP contribution in [0.2, 0.25) is 0 Å². The molecule has 0 bridgehead atoms. The van der Waals surface area contributed by atoms with E-state index in [-0.39, 0.29) is 0 Å². The molecule has 1 fully saturated rings. The van der Waals surface area contributed by atoms with Crippen molar-refractivity contribution < 1.29 is 5.11 Å². The van der Waals surface area contributed by atoms with Crippen LogP contribution >= 0.6 is 0 Å². The molecule has 1 saturated heterocycles. The Morgan fingerprint density at radius 2 is 2.12 bits per heavy atom. The lowest BCUT2D eigenvalue weighted by molar-refractivity contribution is 0.129. The van der Waals surface area contributed by atoms with Crippen LogP contribution in [0, 0.1) is 11.3 Å². The Hall–Kier alpha value is -2.88. The van der Waals surface area contributed by atoms with E-state index in [0.29, 0.717) is 24.5 Å². The van der Waals surface area contributed by atoms with E-state index in [1.807, 2.05) is 11.1 Å². The molecule has 0 spiro atoms. The van der Waals surface area contributed by atoms with Gasteiger partial charge in [-0.2, -0.15) is 5.26 Å². The molecule has 0 aliphatic carbocycles. The molecule has 26 heavy (non-hydrogen) atoms. The summed E-state index contributed by atoms with van der Waals surface area (Å²) < 4.78 is 0. The lowest BCUT2D eigenvalue weighted by Gasteiger charge is -2.23. The number of hydrogen-bond acceptors (Lipinski definition) is 5. The van der Waals surface area contributed by atoms with Gasteiger partial charge in [0.05, 0.1) is 11.7 Å². The maximum absolute atomic E-state index is 10.5. The maximum Gasteiger partial charge on any atom is 0.146 e. The average molecular weight is 347 g/mol. The van der Waals surface area contributed by atoms with Gasteiger partial charge in [-0.1, -0.05) is 18.2 Å². The van der Waals surface area contributed by atoms with Crippen LogP contribution in [-0.2, 0) is 6.54 Å². The molecule has 1 aromatic carbocycles. The molecule has 1 aliphatic heterocycles. The van der Waals surface area contributed by atoms with Crippen LogP contribution < -0.4 is 4.90 Å². The molecule has 0 saturated carbocycles. The highest BCUT2D eigenvalue weighted by Crippen LogP contribution is 2.21. The van der Waals surface area contributed by atoms with Crippen molar-refractivity contribution >= 4 is 16.7 Å². The fourth-order valence-electron chi connectivity index (χ4n) is 3.65. The van der Waals surface area contributed by atoms with Crippen molar-refractivity contribution in [1.29, 1.82) is 5.26 Å². The normalized spacial score (nSPS) is 18.6. The predicted molar refractivity (Wildman–Crippen MR) is 101 cm³/mol. The van der Waals surface area contributed by atoms with E-state index in [2.05, 4.69) is 45.2 Å². The fraction of sp³-hybridized carbons (Fsp3) is 0.300. The van der Waals surface area contributed by atoms with Crippen molar-refractivity contribution in [3.8, 4) is 6.07 Å². The van der Waals surface area contributed by atoms with Gasteiger partial charge in [0, 0.05) is 50.6 Å². The molecule has 0 amide bonds. The van der Waals surface area contributed by atoms with E-state index >= 15 is 0 Å². The Kier molecular flexibility index (Phi) is 4.57.